The molecular formula is C25H16ClN3OS2. The van der Waals surface area contributed by atoms with Crippen molar-refractivity contribution in [2.45, 2.75) is 0 Å². The number of amides is 1. The molecule has 4 aromatic carbocycles. The van der Waals surface area contributed by atoms with E-state index in [0.29, 0.717) is 10.6 Å². The van der Waals surface area contributed by atoms with Crippen LogP contribution in [0.5, 0.6) is 0 Å². The van der Waals surface area contributed by atoms with Crippen LogP contribution in [0, 0.1) is 0 Å². The topological polar surface area (TPSA) is 54.0 Å². The van der Waals surface area contributed by atoms with Crippen LogP contribution in [0.4, 0.5) is 5.69 Å². The van der Waals surface area contributed by atoms with Gasteiger partial charge in [0.25, 0.3) is 5.91 Å². The molecule has 0 saturated carbocycles. The average Bonchev–Trinajstić information content (AvgIpc) is 3.24. The third-order valence-corrected chi connectivity index (χ3v) is 6.52. The monoisotopic (exact) mass is 473 g/mol. The largest absolute Gasteiger partial charge is 0.332 e. The summed E-state index contributed by atoms with van der Waals surface area (Å²) in [5.74, 6) is -0.269. The molecule has 1 aromatic heterocycles. The third-order valence-electron chi connectivity index (χ3n) is 5.02. The van der Waals surface area contributed by atoms with Gasteiger partial charge in [-0.25, -0.2) is 4.98 Å². The molecule has 0 bridgehead atoms. The van der Waals surface area contributed by atoms with E-state index in [9.17, 15) is 4.79 Å². The van der Waals surface area contributed by atoms with Gasteiger partial charge < -0.3 is 5.32 Å². The van der Waals surface area contributed by atoms with Crippen molar-refractivity contribution in [3.63, 3.8) is 0 Å². The van der Waals surface area contributed by atoms with E-state index in [-0.39, 0.29) is 11.0 Å². The van der Waals surface area contributed by atoms with Crippen LogP contribution in [-0.4, -0.2) is 16.0 Å². The van der Waals surface area contributed by atoms with Crippen LogP contribution in [0.3, 0.4) is 0 Å². The highest BCUT2D eigenvalue weighted by atomic mass is 35.5. The Kier molecular flexibility index (Phi) is 5.57. The number of para-hydroxylation sites is 1. The second-order valence-electron chi connectivity index (χ2n) is 7.11. The minimum absolute atomic E-state index is 0.201. The van der Waals surface area contributed by atoms with Crippen molar-refractivity contribution in [1.82, 2.24) is 10.3 Å². The van der Waals surface area contributed by atoms with Gasteiger partial charge in [0.15, 0.2) is 5.11 Å². The lowest BCUT2D eigenvalue weighted by Gasteiger charge is -2.13. The highest BCUT2D eigenvalue weighted by Gasteiger charge is 2.15. The van der Waals surface area contributed by atoms with Gasteiger partial charge in [-0.05, 0) is 59.4 Å². The summed E-state index contributed by atoms with van der Waals surface area (Å²) >= 11 is 13.3. The molecule has 1 heterocycles. The molecule has 0 aliphatic carbocycles. The molecule has 1 amide bonds. The lowest BCUT2D eigenvalue weighted by atomic mass is 10.0. The van der Waals surface area contributed by atoms with E-state index >= 15 is 0 Å². The zero-order valence-corrected chi connectivity index (χ0v) is 19.0. The fourth-order valence-corrected chi connectivity index (χ4v) is 4.91. The Balaban J connectivity index is 1.41. The predicted octanol–water partition coefficient (Wildman–Crippen LogP) is 6.90. The van der Waals surface area contributed by atoms with E-state index in [1.165, 1.54) is 0 Å². The van der Waals surface area contributed by atoms with Crippen molar-refractivity contribution in [2.75, 3.05) is 5.32 Å². The number of aromatic nitrogens is 1. The molecule has 0 aliphatic rings. The fourth-order valence-electron chi connectivity index (χ4n) is 3.54. The number of thiocarbonyl (C=S) groups is 1. The van der Waals surface area contributed by atoms with Crippen LogP contribution in [0.2, 0.25) is 5.02 Å². The summed E-state index contributed by atoms with van der Waals surface area (Å²) in [5.41, 5.74) is 3.03. The number of thiazole rings is 1. The van der Waals surface area contributed by atoms with Crippen LogP contribution in [0.1, 0.15) is 10.4 Å². The molecule has 32 heavy (non-hydrogen) atoms. The number of nitrogens with one attached hydrogen (secondary N) is 2. The molecule has 0 atom stereocenters. The van der Waals surface area contributed by atoms with Gasteiger partial charge in [0, 0.05) is 16.1 Å². The molecule has 0 aliphatic heterocycles. The first kappa shape index (κ1) is 20.6. The summed E-state index contributed by atoms with van der Waals surface area (Å²) in [6.45, 7) is 0. The number of nitrogens with zero attached hydrogens (tertiary/aromatic N) is 1. The molecule has 5 rings (SSSR count). The van der Waals surface area contributed by atoms with Crippen molar-refractivity contribution < 1.29 is 4.79 Å². The maximum absolute atomic E-state index is 12.9. The Morgan fingerprint density at radius 2 is 1.72 bits per heavy atom. The molecular weight excluding hydrogens is 458 g/mol. The van der Waals surface area contributed by atoms with Gasteiger partial charge in [0.05, 0.1) is 15.9 Å². The molecule has 0 saturated heterocycles. The molecule has 2 N–H and O–H groups in total. The second kappa shape index (κ2) is 8.67. The first-order chi connectivity index (χ1) is 15.6. The van der Waals surface area contributed by atoms with Gasteiger partial charge in [0.1, 0.15) is 5.01 Å². The van der Waals surface area contributed by atoms with Gasteiger partial charge in [-0.15, -0.1) is 11.3 Å². The summed E-state index contributed by atoms with van der Waals surface area (Å²) < 4.78 is 1.08. The van der Waals surface area contributed by atoms with Gasteiger partial charge in [-0.2, -0.15) is 0 Å². The van der Waals surface area contributed by atoms with Crippen LogP contribution < -0.4 is 10.6 Å². The number of benzene rings is 4. The number of hydrogen-bond donors (Lipinski definition) is 2. The number of halogens is 1. The van der Waals surface area contributed by atoms with E-state index in [1.54, 1.807) is 23.5 Å². The fraction of sp³-hybridized carbons (Fsp3) is 0. The molecule has 156 valence electrons. The smallest absolute Gasteiger partial charge is 0.258 e. The zero-order chi connectivity index (χ0) is 22.1. The average molecular weight is 474 g/mol. The number of carbonyl (C=O) groups excluding carboxylic acids is 1. The predicted molar refractivity (Wildman–Crippen MR) is 138 cm³/mol. The summed E-state index contributed by atoms with van der Waals surface area (Å²) in [5, 5.41) is 9.41. The highest BCUT2D eigenvalue weighted by molar-refractivity contribution is 7.80. The van der Waals surface area contributed by atoms with E-state index in [0.717, 1.165) is 37.2 Å². The minimum Gasteiger partial charge on any atom is -0.332 e. The van der Waals surface area contributed by atoms with Crippen molar-refractivity contribution >= 4 is 72.9 Å². The molecule has 7 heteroatoms. The van der Waals surface area contributed by atoms with Gasteiger partial charge in [-0.3, -0.25) is 10.1 Å². The number of anilines is 1. The normalized spacial score (nSPS) is 10.9. The summed E-state index contributed by atoms with van der Waals surface area (Å²) in [6.07, 6.45) is 0. The Labute approximate surface area is 198 Å². The van der Waals surface area contributed by atoms with Gasteiger partial charge in [0.2, 0.25) is 0 Å². The zero-order valence-electron chi connectivity index (χ0n) is 16.6. The number of fused-ring (bicyclic) bond motifs is 2. The molecule has 5 aromatic rings. The first-order valence-electron chi connectivity index (χ1n) is 9.84. The van der Waals surface area contributed by atoms with Crippen molar-refractivity contribution in [3.8, 4) is 10.6 Å². The maximum Gasteiger partial charge on any atom is 0.258 e. The molecule has 0 unspecified atom stereocenters. The molecule has 0 radical (unpaired) electrons. The van der Waals surface area contributed by atoms with Gasteiger partial charge in [-0.1, -0.05) is 60.1 Å². The highest BCUT2D eigenvalue weighted by Crippen LogP contribution is 2.36. The standard InChI is InChI=1S/C25H16ClN3OS2/c26-16-12-13-20(19(14-16)24-27-21-10-3-4-11-22(21)32-24)28-25(31)29-23(30)18-9-5-7-15-6-1-2-8-17(15)18/h1-14H,(H2,28,29,30,31). The minimum atomic E-state index is -0.269. The molecule has 4 nitrogen and oxygen atoms in total. The Morgan fingerprint density at radius 3 is 2.59 bits per heavy atom. The quantitative estimate of drug-likeness (QED) is 0.280. The molecule has 0 spiro atoms. The first-order valence-corrected chi connectivity index (χ1v) is 11.4. The number of rotatable bonds is 3. The van der Waals surface area contributed by atoms with E-state index < -0.39 is 0 Å². The Hall–Kier alpha value is -3.32. The molecule has 0 fully saturated rings. The van der Waals surface area contributed by atoms with Crippen molar-refractivity contribution in [2.24, 2.45) is 0 Å². The van der Waals surface area contributed by atoms with Crippen molar-refractivity contribution in [3.05, 3.63) is 95.5 Å². The second-order valence-corrected chi connectivity index (χ2v) is 8.99. The Bertz CT molecular complexity index is 1460. The summed E-state index contributed by atoms with van der Waals surface area (Å²) in [7, 11) is 0. The summed E-state index contributed by atoms with van der Waals surface area (Å²) in [4.78, 5) is 17.6. The number of hydrogen-bond acceptors (Lipinski definition) is 4. The Morgan fingerprint density at radius 1 is 0.938 bits per heavy atom. The van der Waals surface area contributed by atoms with Crippen LogP contribution in [0.15, 0.2) is 84.9 Å². The van der Waals surface area contributed by atoms with Crippen LogP contribution in [0.25, 0.3) is 31.6 Å². The van der Waals surface area contributed by atoms with Crippen molar-refractivity contribution in [1.29, 1.82) is 0 Å². The lowest BCUT2D eigenvalue weighted by Crippen LogP contribution is -2.34. The van der Waals surface area contributed by atoms with E-state index in [1.807, 2.05) is 72.8 Å². The maximum atomic E-state index is 12.9. The number of carbonyl (C=O) groups is 1. The summed E-state index contributed by atoms with van der Waals surface area (Å²) in [6, 6.07) is 26.8. The third kappa shape index (κ3) is 4.08. The van der Waals surface area contributed by atoms with E-state index in [4.69, 9.17) is 28.8 Å². The van der Waals surface area contributed by atoms with Crippen LogP contribution in [-0.2, 0) is 0 Å². The van der Waals surface area contributed by atoms with Gasteiger partial charge >= 0.3 is 0 Å². The van der Waals surface area contributed by atoms with E-state index in [2.05, 4.69) is 10.6 Å². The SMILES string of the molecule is O=C(NC(=S)Nc1ccc(Cl)cc1-c1nc2ccccc2s1)c1cccc2ccccc12. The lowest BCUT2D eigenvalue weighted by molar-refractivity contribution is 0.0979. The van der Waals surface area contributed by atoms with Crippen LogP contribution >= 0.6 is 35.2 Å².